The fourth-order valence-electron chi connectivity index (χ4n) is 4.52. The molecule has 0 radical (unpaired) electrons. The zero-order valence-corrected chi connectivity index (χ0v) is 20.7. The lowest BCUT2D eigenvalue weighted by Gasteiger charge is -2.19. The third-order valence-electron chi connectivity index (χ3n) is 6.42. The number of halogens is 4. The standard InChI is InChI=1S/C25H17ClF3N3O4S/c1-35-18-7-14(11-2-3-11)15(6-16(18)25(27,28)29)22-31-23-19(13-4-5-17(26)20(33)21(13)37-23)24(34)32(22)9-12-8-30-10-36-12/h4-8,10-11,33H,2-3,9H2,1H3. The Morgan fingerprint density at radius 3 is 2.73 bits per heavy atom. The monoisotopic (exact) mass is 547 g/mol. The number of aromatic hydroxyl groups is 1. The van der Waals surface area contributed by atoms with Crippen molar-refractivity contribution in [1.82, 2.24) is 14.5 Å². The summed E-state index contributed by atoms with van der Waals surface area (Å²) in [5.74, 6) is -0.0755. The van der Waals surface area contributed by atoms with Crippen LogP contribution in [0.5, 0.6) is 11.5 Å². The van der Waals surface area contributed by atoms with Crippen molar-refractivity contribution in [3.8, 4) is 22.9 Å². The van der Waals surface area contributed by atoms with Gasteiger partial charge in [-0.25, -0.2) is 9.97 Å². The number of hydrogen-bond donors (Lipinski definition) is 1. The number of methoxy groups -OCH3 is 1. The predicted molar refractivity (Wildman–Crippen MR) is 133 cm³/mol. The zero-order chi connectivity index (χ0) is 26.1. The van der Waals surface area contributed by atoms with Crippen LogP contribution in [-0.2, 0) is 12.7 Å². The minimum absolute atomic E-state index is 0.0165. The highest BCUT2D eigenvalue weighted by atomic mass is 35.5. The maximum atomic E-state index is 14.0. The molecule has 0 atom stereocenters. The first-order valence-electron chi connectivity index (χ1n) is 11.2. The number of thiophene rings is 1. The molecule has 7 nitrogen and oxygen atoms in total. The molecule has 1 aliphatic carbocycles. The second-order valence-corrected chi connectivity index (χ2v) is 10.2. The first kappa shape index (κ1) is 23.8. The van der Waals surface area contributed by atoms with E-state index < -0.39 is 17.3 Å². The molecule has 12 heteroatoms. The highest BCUT2D eigenvalue weighted by Crippen LogP contribution is 2.49. The van der Waals surface area contributed by atoms with Gasteiger partial charge in [-0.2, -0.15) is 13.2 Å². The molecule has 0 spiro atoms. The number of phenolic OH excluding ortho intramolecular Hbond substituents is 1. The molecule has 0 aliphatic heterocycles. The summed E-state index contributed by atoms with van der Waals surface area (Å²) in [6, 6.07) is 5.48. The minimum atomic E-state index is -4.69. The second-order valence-electron chi connectivity index (χ2n) is 8.76. The molecule has 0 saturated heterocycles. The van der Waals surface area contributed by atoms with E-state index in [-0.39, 0.29) is 50.6 Å². The Balaban J connectivity index is 1.71. The van der Waals surface area contributed by atoms with Gasteiger partial charge >= 0.3 is 6.18 Å². The van der Waals surface area contributed by atoms with Gasteiger partial charge in [-0.05, 0) is 42.5 Å². The molecular weight excluding hydrogens is 531 g/mol. The Bertz CT molecular complexity index is 1740. The van der Waals surface area contributed by atoms with Crippen LogP contribution in [0.1, 0.15) is 35.6 Å². The van der Waals surface area contributed by atoms with Crippen LogP contribution in [0.25, 0.3) is 31.7 Å². The molecule has 3 aromatic heterocycles. The van der Waals surface area contributed by atoms with E-state index in [9.17, 15) is 23.1 Å². The molecule has 0 bridgehead atoms. The molecule has 37 heavy (non-hydrogen) atoms. The Morgan fingerprint density at radius 2 is 2.08 bits per heavy atom. The van der Waals surface area contributed by atoms with Crippen molar-refractivity contribution >= 4 is 43.2 Å². The average Bonchev–Trinajstić information content (AvgIpc) is 3.44. The predicted octanol–water partition coefficient (Wildman–Crippen LogP) is 6.58. The molecule has 3 heterocycles. The van der Waals surface area contributed by atoms with Crippen LogP contribution in [0.4, 0.5) is 13.2 Å². The topological polar surface area (TPSA) is 90.4 Å². The van der Waals surface area contributed by atoms with Crippen molar-refractivity contribution in [3.05, 3.63) is 69.1 Å². The molecule has 6 rings (SSSR count). The van der Waals surface area contributed by atoms with Gasteiger partial charge in [0.25, 0.3) is 5.56 Å². The van der Waals surface area contributed by atoms with Crippen molar-refractivity contribution < 1.29 is 27.4 Å². The van der Waals surface area contributed by atoms with Crippen LogP contribution < -0.4 is 10.3 Å². The summed E-state index contributed by atoms with van der Waals surface area (Å²) in [6.45, 7) is -0.106. The van der Waals surface area contributed by atoms with E-state index in [1.807, 2.05) is 0 Å². The maximum absolute atomic E-state index is 14.0. The number of fused-ring (bicyclic) bond motifs is 3. The van der Waals surface area contributed by atoms with Crippen molar-refractivity contribution in [3.63, 3.8) is 0 Å². The maximum Gasteiger partial charge on any atom is 0.419 e. The summed E-state index contributed by atoms with van der Waals surface area (Å²) in [6.07, 6.45) is -0.468. The van der Waals surface area contributed by atoms with E-state index in [1.165, 1.54) is 36.4 Å². The SMILES string of the molecule is COc1cc(C2CC2)c(-c2nc3sc4c(O)c(Cl)ccc4c3c(=O)n2Cc2cnco2)cc1C(F)(F)F. The van der Waals surface area contributed by atoms with Gasteiger partial charge in [0.15, 0.2) is 12.1 Å². The molecule has 1 fully saturated rings. The number of phenols is 1. The largest absolute Gasteiger partial charge is 0.505 e. The van der Waals surface area contributed by atoms with Crippen molar-refractivity contribution in [1.29, 1.82) is 0 Å². The van der Waals surface area contributed by atoms with Gasteiger partial charge in [0.05, 0.1) is 40.5 Å². The number of oxazole rings is 1. The lowest BCUT2D eigenvalue weighted by molar-refractivity contribution is -0.138. The summed E-state index contributed by atoms with van der Waals surface area (Å²) in [4.78, 5) is 22.8. The molecule has 2 aromatic carbocycles. The first-order valence-corrected chi connectivity index (χ1v) is 12.4. The van der Waals surface area contributed by atoms with Gasteiger partial charge in [0.2, 0.25) is 0 Å². The normalized spacial score (nSPS) is 14.1. The van der Waals surface area contributed by atoms with Crippen molar-refractivity contribution in [2.75, 3.05) is 7.11 Å². The Labute approximate surface area is 215 Å². The lowest BCUT2D eigenvalue weighted by atomic mass is 9.97. The van der Waals surface area contributed by atoms with Crippen LogP contribution in [0, 0.1) is 0 Å². The summed E-state index contributed by atoms with van der Waals surface area (Å²) < 4.78 is 54.1. The number of alkyl halides is 3. The van der Waals surface area contributed by atoms with Crippen LogP contribution in [0.3, 0.4) is 0 Å². The summed E-state index contributed by atoms with van der Waals surface area (Å²) >= 11 is 7.12. The van der Waals surface area contributed by atoms with E-state index >= 15 is 0 Å². The number of rotatable bonds is 5. The highest BCUT2D eigenvalue weighted by Gasteiger charge is 2.38. The molecule has 1 aliphatic rings. The lowest BCUT2D eigenvalue weighted by Crippen LogP contribution is -2.24. The second kappa shape index (κ2) is 8.49. The quantitative estimate of drug-likeness (QED) is 0.267. The van der Waals surface area contributed by atoms with Gasteiger partial charge in [-0.15, -0.1) is 11.3 Å². The van der Waals surface area contributed by atoms with Gasteiger partial charge in [-0.3, -0.25) is 9.36 Å². The van der Waals surface area contributed by atoms with Crippen LogP contribution in [-0.4, -0.2) is 26.8 Å². The molecule has 1 saturated carbocycles. The van der Waals surface area contributed by atoms with Gasteiger partial charge < -0.3 is 14.3 Å². The average molecular weight is 548 g/mol. The highest BCUT2D eigenvalue weighted by molar-refractivity contribution is 7.25. The molecular formula is C25H17ClF3N3O4S. The minimum Gasteiger partial charge on any atom is -0.505 e. The van der Waals surface area contributed by atoms with Gasteiger partial charge in [0, 0.05) is 10.9 Å². The molecule has 0 amide bonds. The Morgan fingerprint density at radius 1 is 1.30 bits per heavy atom. The number of ether oxygens (including phenoxy) is 1. The summed E-state index contributed by atoms with van der Waals surface area (Å²) in [5.41, 5.74) is -0.644. The Kier molecular flexibility index (Phi) is 5.46. The van der Waals surface area contributed by atoms with E-state index in [1.54, 1.807) is 6.07 Å². The number of aromatic nitrogens is 3. The van der Waals surface area contributed by atoms with Crippen LogP contribution in [0.2, 0.25) is 5.02 Å². The summed E-state index contributed by atoms with van der Waals surface area (Å²) in [7, 11) is 1.19. The smallest absolute Gasteiger partial charge is 0.419 e. The third kappa shape index (κ3) is 3.93. The summed E-state index contributed by atoms with van der Waals surface area (Å²) in [5, 5.41) is 11.3. The fourth-order valence-corrected chi connectivity index (χ4v) is 5.85. The van der Waals surface area contributed by atoms with E-state index in [0.29, 0.717) is 21.4 Å². The first-order chi connectivity index (χ1) is 17.7. The van der Waals surface area contributed by atoms with Gasteiger partial charge in [0.1, 0.15) is 22.2 Å². The number of nitrogens with zero attached hydrogens (tertiary/aromatic N) is 3. The van der Waals surface area contributed by atoms with Crippen LogP contribution in [0.15, 0.2) is 46.1 Å². The fraction of sp³-hybridized carbons (Fsp3) is 0.240. The van der Waals surface area contributed by atoms with E-state index in [2.05, 4.69) is 4.98 Å². The van der Waals surface area contributed by atoms with Gasteiger partial charge in [-0.1, -0.05) is 17.7 Å². The van der Waals surface area contributed by atoms with Crippen LogP contribution >= 0.6 is 22.9 Å². The van der Waals surface area contributed by atoms with E-state index in [0.717, 1.165) is 30.2 Å². The van der Waals surface area contributed by atoms with Crippen molar-refractivity contribution in [2.45, 2.75) is 31.5 Å². The third-order valence-corrected chi connectivity index (χ3v) is 7.83. The molecule has 190 valence electrons. The molecule has 5 aromatic rings. The zero-order valence-electron chi connectivity index (χ0n) is 19.1. The Hall–Kier alpha value is -3.57. The number of hydrogen-bond acceptors (Lipinski definition) is 7. The van der Waals surface area contributed by atoms with Crippen molar-refractivity contribution in [2.24, 2.45) is 0 Å². The number of benzene rings is 2. The molecule has 1 N–H and O–H groups in total. The van der Waals surface area contributed by atoms with E-state index in [4.69, 9.17) is 25.7 Å². The molecule has 0 unspecified atom stereocenters.